The Morgan fingerprint density at radius 3 is 2.80 bits per heavy atom. The molecule has 0 fully saturated rings. The van der Waals surface area contributed by atoms with Crippen molar-refractivity contribution in [2.45, 2.75) is 46.2 Å². The van der Waals surface area contributed by atoms with Gasteiger partial charge >= 0.3 is 0 Å². The minimum Gasteiger partial charge on any atom is -0.310 e. The van der Waals surface area contributed by atoms with Crippen LogP contribution in [0.2, 0.25) is 0 Å². The van der Waals surface area contributed by atoms with Crippen molar-refractivity contribution < 1.29 is 4.39 Å². The van der Waals surface area contributed by atoms with Crippen LogP contribution in [0.25, 0.3) is 0 Å². The minimum atomic E-state index is -0.152. The van der Waals surface area contributed by atoms with Gasteiger partial charge in [0.25, 0.3) is 0 Å². The standard InChI is InChI=1S/C13H20FN/c1-4-5-11(3)15-9-12-8-13(14)7-6-10(12)2/h6-8,11,15H,4-5,9H2,1-3H3. The van der Waals surface area contributed by atoms with Gasteiger partial charge in [-0.2, -0.15) is 0 Å². The van der Waals surface area contributed by atoms with E-state index >= 15 is 0 Å². The molecule has 1 aromatic rings. The monoisotopic (exact) mass is 209 g/mol. The van der Waals surface area contributed by atoms with Crippen LogP contribution in [-0.2, 0) is 6.54 Å². The van der Waals surface area contributed by atoms with Crippen molar-refractivity contribution in [1.29, 1.82) is 0 Å². The molecule has 0 aliphatic carbocycles. The second-order valence-corrected chi connectivity index (χ2v) is 4.14. The summed E-state index contributed by atoms with van der Waals surface area (Å²) >= 11 is 0. The van der Waals surface area contributed by atoms with Crippen molar-refractivity contribution in [1.82, 2.24) is 5.32 Å². The van der Waals surface area contributed by atoms with Crippen LogP contribution in [0.4, 0.5) is 4.39 Å². The first-order chi connectivity index (χ1) is 7.13. The maximum Gasteiger partial charge on any atom is 0.123 e. The number of hydrogen-bond donors (Lipinski definition) is 1. The van der Waals surface area contributed by atoms with Crippen LogP contribution in [-0.4, -0.2) is 6.04 Å². The zero-order valence-corrected chi connectivity index (χ0v) is 9.81. The van der Waals surface area contributed by atoms with E-state index in [0.717, 1.165) is 24.1 Å². The molecule has 0 amide bonds. The molecule has 0 aliphatic rings. The van der Waals surface area contributed by atoms with Crippen molar-refractivity contribution in [3.05, 3.63) is 35.1 Å². The molecule has 0 spiro atoms. The first-order valence-corrected chi connectivity index (χ1v) is 5.62. The second kappa shape index (κ2) is 5.86. The topological polar surface area (TPSA) is 12.0 Å². The van der Waals surface area contributed by atoms with Gasteiger partial charge in [0.2, 0.25) is 0 Å². The zero-order valence-electron chi connectivity index (χ0n) is 9.81. The summed E-state index contributed by atoms with van der Waals surface area (Å²) in [6.45, 7) is 7.11. The van der Waals surface area contributed by atoms with Gasteiger partial charge in [-0.1, -0.05) is 19.4 Å². The van der Waals surface area contributed by atoms with Crippen LogP contribution in [0.1, 0.15) is 37.8 Å². The molecule has 1 rings (SSSR count). The molecular weight excluding hydrogens is 189 g/mol. The van der Waals surface area contributed by atoms with E-state index in [9.17, 15) is 4.39 Å². The zero-order chi connectivity index (χ0) is 11.3. The Balaban J connectivity index is 2.53. The lowest BCUT2D eigenvalue weighted by Crippen LogP contribution is -2.25. The summed E-state index contributed by atoms with van der Waals surface area (Å²) in [5.41, 5.74) is 2.20. The number of rotatable bonds is 5. The third kappa shape index (κ3) is 4.00. The van der Waals surface area contributed by atoms with Gasteiger partial charge in [0.05, 0.1) is 0 Å². The summed E-state index contributed by atoms with van der Waals surface area (Å²) in [4.78, 5) is 0. The number of hydrogen-bond acceptors (Lipinski definition) is 1. The highest BCUT2D eigenvalue weighted by molar-refractivity contribution is 5.26. The lowest BCUT2D eigenvalue weighted by atomic mass is 10.1. The van der Waals surface area contributed by atoms with E-state index in [0.29, 0.717) is 6.04 Å². The fraction of sp³-hybridized carbons (Fsp3) is 0.538. The Morgan fingerprint density at radius 1 is 1.40 bits per heavy atom. The number of nitrogens with one attached hydrogen (secondary N) is 1. The average Bonchev–Trinajstić information content (AvgIpc) is 2.20. The van der Waals surface area contributed by atoms with Crippen LogP contribution in [0.5, 0.6) is 0 Å². The summed E-state index contributed by atoms with van der Waals surface area (Å²) in [5, 5.41) is 3.40. The minimum absolute atomic E-state index is 0.152. The smallest absolute Gasteiger partial charge is 0.123 e. The summed E-state index contributed by atoms with van der Waals surface area (Å²) in [6.07, 6.45) is 2.34. The molecule has 0 radical (unpaired) electrons. The molecule has 15 heavy (non-hydrogen) atoms. The summed E-state index contributed by atoms with van der Waals surface area (Å²) in [7, 11) is 0. The first kappa shape index (κ1) is 12.2. The summed E-state index contributed by atoms with van der Waals surface area (Å²) in [5.74, 6) is -0.152. The third-order valence-electron chi connectivity index (χ3n) is 2.67. The average molecular weight is 209 g/mol. The van der Waals surface area contributed by atoms with Gasteiger partial charge < -0.3 is 5.32 Å². The maximum atomic E-state index is 13.0. The van der Waals surface area contributed by atoms with Crippen LogP contribution >= 0.6 is 0 Å². The molecule has 1 N–H and O–H groups in total. The molecule has 0 heterocycles. The fourth-order valence-electron chi connectivity index (χ4n) is 1.65. The van der Waals surface area contributed by atoms with Gasteiger partial charge in [-0.3, -0.25) is 0 Å². The van der Waals surface area contributed by atoms with Gasteiger partial charge in [-0.05, 0) is 43.5 Å². The van der Waals surface area contributed by atoms with Crippen molar-refractivity contribution >= 4 is 0 Å². The predicted octanol–water partition coefficient (Wildman–Crippen LogP) is 3.41. The van der Waals surface area contributed by atoms with Crippen LogP contribution < -0.4 is 5.32 Å². The Labute approximate surface area is 91.7 Å². The normalized spacial score (nSPS) is 12.8. The van der Waals surface area contributed by atoms with Gasteiger partial charge in [0, 0.05) is 12.6 Å². The van der Waals surface area contributed by atoms with Gasteiger partial charge in [0.15, 0.2) is 0 Å². The van der Waals surface area contributed by atoms with Crippen LogP contribution in [0.15, 0.2) is 18.2 Å². The van der Waals surface area contributed by atoms with Gasteiger partial charge in [-0.25, -0.2) is 4.39 Å². The third-order valence-corrected chi connectivity index (χ3v) is 2.67. The number of benzene rings is 1. The van der Waals surface area contributed by atoms with E-state index in [-0.39, 0.29) is 5.82 Å². The molecule has 1 unspecified atom stereocenters. The van der Waals surface area contributed by atoms with E-state index < -0.39 is 0 Å². The molecule has 84 valence electrons. The van der Waals surface area contributed by atoms with Crippen molar-refractivity contribution in [3.8, 4) is 0 Å². The number of aryl methyl sites for hydroxylation is 1. The van der Waals surface area contributed by atoms with Crippen molar-refractivity contribution in [2.75, 3.05) is 0 Å². The second-order valence-electron chi connectivity index (χ2n) is 4.14. The SMILES string of the molecule is CCCC(C)NCc1cc(F)ccc1C. The Morgan fingerprint density at radius 2 is 2.13 bits per heavy atom. The first-order valence-electron chi connectivity index (χ1n) is 5.62. The molecule has 2 heteroatoms. The Bertz CT molecular complexity index is 309. The Kier molecular flexibility index (Phi) is 4.76. The molecule has 1 aromatic carbocycles. The quantitative estimate of drug-likeness (QED) is 0.783. The summed E-state index contributed by atoms with van der Waals surface area (Å²) < 4.78 is 13.0. The van der Waals surface area contributed by atoms with E-state index in [4.69, 9.17) is 0 Å². The Hall–Kier alpha value is -0.890. The molecule has 1 nitrogen and oxygen atoms in total. The molecule has 0 bridgehead atoms. The van der Waals surface area contributed by atoms with E-state index in [1.54, 1.807) is 6.07 Å². The van der Waals surface area contributed by atoms with E-state index in [1.807, 2.05) is 13.0 Å². The molecule has 1 atom stereocenters. The molecule has 0 aliphatic heterocycles. The highest BCUT2D eigenvalue weighted by Gasteiger charge is 2.03. The van der Waals surface area contributed by atoms with Crippen LogP contribution in [0.3, 0.4) is 0 Å². The molecule has 0 saturated carbocycles. The molecule has 0 saturated heterocycles. The molecular formula is C13H20FN. The van der Waals surface area contributed by atoms with E-state index in [2.05, 4.69) is 19.2 Å². The molecule has 0 aromatic heterocycles. The van der Waals surface area contributed by atoms with Gasteiger partial charge in [0.1, 0.15) is 5.82 Å². The lowest BCUT2D eigenvalue weighted by Gasteiger charge is -2.13. The fourth-order valence-corrected chi connectivity index (χ4v) is 1.65. The summed E-state index contributed by atoms with van der Waals surface area (Å²) in [6, 6.07) is 5.45. The van der Waals surface area contributed by atoms with Gasteiger partial charge in [-0.15, -0.1) is 0 Å². The van der Waals surface area contributed by atoms with E-state index in [1.165, 1.54) is 12.5 Å². The largest absolute Gasteiger partial charge is 0.310 e. The highest BCUT2D eigenvalue weighted by Crippen LogP contribution is 2.10. The van der Waals surface area contributed by atoms with Crippen LogP contribution in [0, 0.1) is 12.7 Å². The maximum absolute atomic E-state index is 13.0. The predicted molar refractivity (Wildman–Crippen MR) is 62.3 cm³/mol. The number of halogens is 1. The van der Waals surface area contributed by atoms with Crippen molar-refractivity contribution in [2.24, 2.45) is 0 Å². The highest BCUT2D eigenvalue weighted by atomic mass is 19.1. The van der Waals surface area contributed by atoms with Crippen molar-refractivity contribution in [3.63, 3.8) is 0 Å². The lowest BCUT2D eigenvalue weighted by molar-refractivity contribution is 0.506.